The first-order chi connectivity index (χ1) is 5.69. The van der Waals surface area contributed by atoms with Gasteiger partial charge in [0, 0.05) is 0 Å². The lowest BCUT2D eigenvalue weighted by Gasteiger charge is -2.08. The molecular weight excluding hydrogens is 156 g/mol. The van der Waals surface area contributed by atoms with Crippen molar-refractivity contribution in [3.8, 4) is 5.88 Å². The molecule has 0 aromatic carbocycles. The number of rotatable bonds is 2. The monoisotopic (exact) mass is 168 g/mol. The quantitative estimate of drug-likeness (QED) is 0.493. The second-order valence-corrected chi connectivity index (χ2v) is 2.40. The minimum atomic E-state index is 0.551. The predicted octanol–water partition coefficient (Wildman–Crippen LogP) is 0.388. The molecule has 0 saturated heterocycles. The van der Waals surface area contributed by atoms with Crippen LogP contribution in [0.3, 0.4) is 0 Å². The van der Waals surface area contributed by atoms with Crippen molar-refractivity contribution in [2.45, 2.75) is 13.8 Å². The number of nitrogen functional groups attached to an aromatic ring is 1. The zero-order valence-corrected chi connectivity index (χ0v) is 7.38. The van der Waals surface area contributed by atoms with Crippen LogP contribution < -0.4 is 16.0 Å². The number of aromatic nitrogens is 2. The molecule has 0 radical (unpaired) electrons. The molecule has 0 atom stereocenters. The Kier molecular flexibility index (Phi) is 2.44. The van der Waals surface area contributed by atoms with E-state index < -0.39 is 0 Å². The van der Waals surface area contributed by atoms with Crippen molar-refractivity contribution in [3.63, 3.8) is 0 Å². The van der Waals surface area contributed by atoms with Gasteiger partial charge in [-0.05, 0) is 13.8 Å². The van der Waals surface area contributed by atoms with Gasteiger partial charge in [-0.25, -0.2) is 10.8 Å². The van der Waals surface area contributed by atoms with Crippen LogP contribution in [0.1, 0.15) is 11.4 Å². The van der Waals surface area contributed by atoms with Gasteiger partial charge in [-0.15, -0.1) is 0 Å². The van der Waals surface area contributed by atoms with E-state index in [1.54, 1.807) is 14.0 Å². The standard InChI is InChI=1S/C7H12N4O/c1-4-6(11-8)9-5(2)10-7(4)12-3/h8H2,1-3H3,(H,9,10,11). The molecule has 0 saturated carbocycles. The van der Waals surface area contributed by atoms with Crippen molar-refractivity contribution >= 4 is 5.82 Å². The van der Waals surface area contributed by atoms with Crippen LogP contribution >= 0.6 is 0 Å². The van der Waals surface area contributed by atoms with Crippen LogP contribution in [0.4, 0.5) is 5.82 Å². The summed E-state index contributed by atoms with van der Waals surface area (Å²) in [6.07, 6.45) is 0. The lowest BCUT2D eigenvalue weighted by atomic mass is 10.3. The minimum absolute atomic E-state index is 0.551. The Balaban J connectivity index is 3.22. The number of hydrazine groups is 1. The summed E-state index contributed by atoms with van der Waals surface area (Å²) in [5, 5.41) is 0. The van der Waals surface area contributed by atoms with E-state index in [0.717, 1.165) is 5.56 Å². The summed E-state index contributed by atoms with van der Waals surface area (Å²) in [6, 6.07) is 0. The van der Waals surface area contributed by atoms with Gasteiger partial charge in [0.05, 0.1) is 12.7 Å². The third-order valence-electron chi connectivity index (χ3n) is 1.54. The summed E-state index contributed by atoms with van der Waals surface area (Å²) < 4.78 is 5.02. The summed E-state index contributed by atoms with van der Waals surface area (Å²) in [5.41, 5.74) is 3.29. The van der Waals surface area contributed by atoms with E-state index in [1.807, 2.05) is 6.92 Å². The van der Waals surface area contributed by atoms with E-state index >= 15 is 0 Å². The molecule has 5 heteroatoms. The first-order valence-corrected chi connectivity index (χ1v) is 3.55. The SMILES string of the molecule is COc1nc(C)nc(NN)c1C. The van der Waals surface area contributed by atoms with Gasteiger partial charge in [0.1, 0.15) is 11.6 Å². The second-order valence-electron chi connectivity index (χ2n) is 2.40. The third-order valence-corrected chi connectivity index (χ3v) is 1.54. The van der Waals surface area contributed by atoms with Crippen LogP contribution in [0.15, 0.2) is 0 Å². The Hall–Kier alpha value is -1.36. The summed E-state index contributed by atoms with van der Waals surface area (Å²) in [5.74, 6) is 7.03. The van der Waals surface area contributed by atoms with Gasteiger partial charge in [0.2, 0.25) is 5.88 Å². The molecule has 66 valence electrons. The zero-order valence-electron chi connectivity index (χ0n) is 7.38. The maximum atomic E-state index is 5.25. The van der Waals surface area contributed by atoms with Crippen molar-refractivity contribution in [2.75, 3.05) is 12.5 Å². The van der Waals surface area contributed by atoms with Gasteiger partial charge >= 0.3 is 0 Å². The van der Waals surface area contributed by atoms with E-state index in [1.165, 1.54) is 0 Å². The number of hydrogen-bond donors (Lipinski definition) is 2. The Labute approximate surface area is 70.9 Å². The molecule has 0 aliphatic carbocycles. The number of methoxy groups -OCH3 is 1. The molecule has 3 N–H and O–H groups in total. The Morgan fingerprint density at radius 1 is 1.33 bits per heavy atom. The molecule has 1 aromatic rings. The number of hydrogen-bond acceptors (Lipinski definition) is 5. The average molecular weight is 168 g/mol. The number of nitrogens with zero attached hydrogens (tertiary/aromatic N) is 2. The zero-order chi connectivity index (χ0) is 9.14. The maximum absolute atomic E-state index is 5.25. The summed E-state index contributed by atoms with van der Waals surface area (Å²) in [7, 11) is 1.56. The van der Waals surface area contributed by atoms with Gasteiger partial charge in [-0.3, -0.25) is 0 Å². The van der Waals surface area contributed by atoms with E-state index in [9.17, 15) is 0 Å². The number of nitrogens with two attached hydrogens (primary N) is 1. The normalized spacial score (nSPS) is 9.67. The van der Waals surface area contributed by atoms with Crippen molar-refractivity contribution < 1.29 is 4.74 Å². The Morgan fingerprint density at radius 3 is 2.50 bits per heavy atom. The smallest absolute Gasteiger partial charge is 0.221 e. The van der Waals surface area contributed by atoms with Gasteiger partial charge in [-0.2, -0.15) is 4.98 Å². The lowest BCUT2D eigenvalue weighted by Crippen LogP contribution is -2.12. The molecule has 0 fully saturated rings. The molecule has 12 heavy (non-hydrogen) atoms. The van der Waals surface area contributed by atoms with Crippen molar-refractivity contribution in [2.24, 2.45) is 5.84 Å². The van der Waals surface area contributed by atoms with Gasteiger partial charge in [0.25, 0.3) is 0 Å². The fourth-order valence-electron chi connectivity index (χ4n) is 0.942. The Morgan fingerprint density at radius 2 is 2.00 bits per heavy atom. The molecule has 0 spiro atoms. The minimum Gasteiger partial charge on any atom is -0.481 e. The summed E-state index contributed by atoms with van der Waals surface area (Å²) in [4.78, 5) is 8.14. The predicted molar refractivity (Wildman–Crippen MR) is 45.9 cm³/mol. The van der Waals surface area contributed by atoms with Gasteiger partial charge in [-0.1, -0.05) is 0 Å². The fourth-order valence-corrected chi connectivity index (χ4v) is 0.942. The van der Waals surface area contributed by atoms with Crippen LogP contribution in [0.5, 0.6) is 5.88 Å². The first kappa shape index (κ1) is 8.73. The van der Waals surface area contributed by atoms with E-state index in [4.69, 9.17) is 10.6 Å². The summed E-state index contributed by atoms with van der Waals surface area (Å²) >= 11 is 0. The molecule has 5 nitrogen and oxygen atoms in total. The van der Waals surface area contributed by atoms with Crippen molar-refractivity contribution in [1.29, 1.82) is 0 Å². The topological polar surface area (TPSA) is 73.1 Å². The average Bonchev–Trinajstić information content (AvgIpc) is 2.08. The number of aryl methyl sites for hydroxylation is 1. The molecule has 1 rings (SSSR count). The van der Waals surface area contributed by atoms with Crippen LogP contribution in [0, 0.1) is 13.8 Å². The molecule has 0 bridgehead atoms. The highest BCUT2D eigenvalue weighted by Gasteiger charge is 2.07. The van der Waals surface area contributed by atoms with Gasteiger partial charge < -0.3 is 10.2 Å². The molecule has 0 aliphatic rings. The third kappa shape index (κ3) is 1.45. The maximum Gasteiger partial charge on any atom is 0.221 e. The van der Waals surface area contributed by atoms with Crippen molar-refractivity contribution in [1.82, 2.24) is 9.97 Å². The van der Waals surface area contributed by atoms with Crippen LogP contribution in [-0.2, 0) is 0 Å². The van der Waals surface area contributed by atoms with Crippen LogP contribution in [0.2, 0.25) is 0 Å². The fraction of sp³-hybridized carbons (Fsp3) is 0.429. The first-order valence-electron chi connectivity index (χ1n) is 3.55. The highest BCUT2D eigenvalue weighted by atomic mass is 16.5. The molecule has 0 amide bonds. The molecule has 0 unspecified atom stereocenters. The molecule has 0 aliphatic heterocycles. The number of anilines is 1. The molecule has 1 heterocycles. The highest BCUT2D eigenvalue weighted by molar-refractivity contribution is 5.47. The Bertz CT molecular complexity index is 262. The highest BCUT2D eigenvalue weighted by Crippen LogP contribution is 2.19. The van der Waals surface area contributed by atoms with Crippen LogP contribution in [0.25, 0.3) is 0 Å². The van der Waals surface area contributed by atoms with E-state index in [2.05, 4.69) is 15.4 Å². The number of nitrogens with one attached hydrogen (secondary N) is 1. The van der Waals surface area contributed by atoms with E-state index in [-0.39, 0.29) is 0 Å². The summed E-state index contributed by atoms with van der Waals surface area (Å²) in [6.45, 7) is 3.62. The number of ether oxygens (including phenoxy) is 1. The van der Waals surface area contributed by atoms with Crippen LogP contribution in [-0.4, -0.2) is 17.1 Å². The van der Waals surface area contributed by atoms with E-state index in [0.29, 0.717) is 17.5 Å². The molecule has 1 aromatic heterocycles. The van der Waals surface area contributed by atoms with Crippen molar-refractivity contribution in [3.05, 3.63) is 11.4 Å². The molecular formula is C7H12N4O. The lowest BCUT2D eigenvalue weighted by molar-refractivity contribution is 0.392. The second kappa shape index (κ2) is 3.36. The largest absolute Gasteiger partial charge is 0.481 e. The van der Waals surface area contributed by atoms with Gasteiger partial charge in [0.15, 0.2) is 0 Å².